The SMILES string of the molecule is CNC(=O)C1CCC(COc2ccc(CC(C)=O)cc2)O1. The van der Waals surface area contributed by atoms with Crippen molar-refractivity contribution in [3.63, 3.8) is 0 Å². The first kappa shape index (κ1) is 15.5. The maximum absolute atomic E-state index is 11.5. The maximum Gasteiger partial charge on any atom is 0.248 e. The molecule has 0 spiro atoms. The first-order valence-corrected chi connectivity index (χ1v) is 7.16. The fourth-order valence-corrected chi connectivity index (χ4v) is 2.36. The summed E-state index contributed by atoms with van der Waals surface area (Å²) in [5, 5.41) is 2.59. The van der Waals surface area contributed by atoms with Crippen LogP contribution in [-0.2, 0) is 20.7 Å². The molecule has 0 saturated carbocycles. The summed E-state index contributed by atoms with van der Waals surface area (Å²) in [6.07, 6.45) is 1.58. The highest BCUT2D eigenvalue weighted by molar-refractivity contribution is 5.80. The molecule has 0 aromatic heterocycles. The van der Waals surface area contributed by atoms with E-state index in [2.05, 4.69) is 5.32 Å². The van der Waals surface area contributed by atoms with Gasteiger partial charge in [0.2, 0.25) is 5.91 Å². The third-order valence-corrected chi connectivity index (χ3v) is 3.46. The van der Waals surface area contributed by atoms with Gasteiger partial charge in [-0.25, -0.2) is 0 Å². The van der Waals surface area contributed by atoms with Crippen LogP contribution in [0.4, 0.5) is 0 Å². The zero-order chi connectivity index (χ0) is 15.2. The number of nitrogens with one attached hydrogen (secondary N) is 1. The molecule has 2 unspecified atom stereocenters. The molecular formula is C16H21NO4. The largest absolute Gasteiger partial charge is 0.491 e. The first-order chi connectivity index (χ1) is 10.1. The van der Waals surface area contributed by atoms with Crippen LogP contribution in [0.5, 0.6) is 5.75 Å². The van der Waals surface area contributed by atoms with Crippen LogP contribution >= 0.6 is 0 Å². The number of hydrogen-bond donors (Lipinski definition) is 1. The molecule has 2 rings (SSSR count). The van der Waals surface area contributed by atoms with Crippen LogP contribution in [0.1, 0.15) is 25.3 Å². The van der Waals surface area contributed by atoms with Gasteiger partial charge in [0.25, 0.3) is 0 Å². The molecule has 0 bridgehead atoms. The molecule has 0 radical (unpaired) electrons. The molecule has 21 heavy (non-hydrogen) atoms. The van der Waals surface area contributed by atoms with Gasteiger partial charge >= 0.3 is 0 Å². The van der Waals surface area contributed by atoms with E-state index in [1.807, 2.05) is 24.3 Å². The van der Waals surface area contributed by atoms with Gasteiger partial charge in [0.15, 0.2) is 0 Å². The van der Waals surface area contributed by atoms with Gasteiger partial charge in [-0.1, -0.05) is 12.1 Å². The molecule has 5 nitrogen and oxygen atoms in total. The summed E-state index contributed by atoms with van der Waals surface area (Å²) in [5.74, 6) is 0.809. The minimum atomic E-state index is -0.360. The van der Waals surface area contributed by atoms with Crippen LogP contribution in [0.3, 0.4) is 0 Å². The summed E-state index contributed by atoms with van der Waals surface area (Å²) in [5.41, 5.74) is 0.978. The van der Waals surface area contributed by atoms with E-state index < -0.39 is 0 Å². The van der Waals surface area contributed by atoms with Gasteiger partial charge in [-0.2, -0.15) is 0 Å². The Kier molecular flexibility index (Phi) is 5.33. The van der Waals surface area contributed by atoms with Crippen molar-refractivity contribution in [2.24, 2.45) is 0 Å². The lowest BCUT2D eigenvalue weighted by Crippen LogP contribution is -2.32. The number of rotatable bonds is 6. The van der Waals surface area contributed by atoms with Crippen molar-refractivity contribution in [3.8, 4) is 5.75 Å². The zero-order valence-corrected chi connectivity index (χ0v) is 12.4. The summed E-state index contributed by atoms with van der Waals surface area (Å²) in [6.45, 7) is 2.00. The summed E-state index contributed by atoms with van der Waals surface area (Å²) in [6, 6.07) is 7.48. The number of carbonyl (C=O) groups excluding carboxylic acids is 2. The van der Waals surface area contributed by atoms with Crippen LogP contribution in [-0.4, -0.2) is 37.6 Å². The standard InChI is InChI=1S/C16H21NO4/c1-11(18)9-12-3-5-13(6-4-12)20-10-14-7-8-15(21-14)16(19)17-2/h3-6,14-15H,7-10H2,1-2H3,(H,17,19). The number of hydrogen-bond acceptors (Lipinski definition) is 4. The number of carbonyl (C=O) groups is 2. The van der Waals surface area contributed by atoms with Crippen molar-refractivity contribution in [2.75, 3.05) is 13.7 Å². The molecule has 1 aliphatic heterocycles. The maximum atomic E-state index is 11.5. The van der Waals surface area contributed by atoms with Crippen molar-refractivity contribution in [3.05, 3.63) is 29.8 Å². The highest BCUT2D eigenvalue weighted by Crippen LogP contribution is 2.21. The highest BCUT2D eigenvalue weighted by Gasteiger charge is 2.30. The van der Waals surface area contributed by atoms with E-state index in [0.717, 1.165) is 24.2 Å². The molecule has 1 N–H and O–H groups in total. The number of likely N-dealkylation sites (N-methyl/N-ethyl adjacent to an activating group) is 1. The predicted octanol–water partition coefficient (Wildman–Crippen LogP) is 1.49. The third-order valence-electron chi connectivity index (χ3n) is 3.46. The second-order valence-corrected chi connectivity index (χ2v) is 5.27. The Bertz CT molecular complexity index is 498. The Balaban J connectivity index is 1.78. The minimum Gasteiger partial charge on any atom is -0.491 e. The van der Waals surface area contributed by atoms with Gasteiger partial charge < -0.3 is 14.8 Å². The first-order valence-electron chi connectivity index (χ1n) is 7.16. The van der Waals surface area contributed by atoms with Crippen LogP contribution in [0.25, 0.3) is 0 Å². The molecule has 1 heterocycles. The van der Waals surface area contributed by atoms with E-state index in [1.165, 1.54) is 0 Å². The lowest BCUT2D eigenvalue weighted by atomic mass is 10.1. The fraction of sp³-hybridized carbons (Fsp3) is 0.500. The summed E-state index contributed by atoms with van der Waals surface area (Å²) >= 11 is 0. The quantitative estimate of drug-likeness (QED) is 0.862. The lowest BCUT2D eigenvalue weighted by molar-refractivity contribution is -0.132. The Labute approximate surface area is 124 Å². The Morgan fingerprint density at radius 3 is 2.62 bits per heavy atom. The van der Waals surface area contributed by atoms with Crippen LogP contribution in [0.2, 0.25) is 0 Å². The summed E-state index contributed by atoms with van der Waals surface area (Å²) < 4.78 is 11.3. The number of ketones is 1. The highest BCUT2D eigenvalue weighted by atomic mass is 16.5. The van der Waals surface area contributed by atoms with Crippen molar-refractivity contribution in [2.45, 2.75) is 38.4 Å². The second kappa shape index (κ2) is 7.22. The van der Waals surface area contributed by atoms with Crippen molar-refractivity contribution in [1.82, 2.24) is 5.32 Å². The normalized spacial score (nSPS) is 21.0. The third kappa shape index (κ3) is 4.56. The zero-order valence-electron chi connectivity index (χ0n) is 12.4. The number of amides is 1. The molecule has 1 saturated heterocycles. The van der Waals surface area contributed by atoms with Gasteiger partial charge in [-0.3, -0.25) is 9.59 Å². The fourth-order valence-electron chi connectivity index (χ4n) is 2.36. The molecule has 114 valence electrons. The summed E-state index contributed by atoms with van der Waals surface area (Å²) in [4.78, 5) is 22.5. The molecule has 1 fully saturated rings. The second-order valence-electron chi connectivity index (χ2n) is 5.27. The van der Waals surface area contributed by atoms with Crippen molar-refractivity contribution >= 4 is 11.7 Å². The van der Waals surface area contributed by atoms with Gasteiger partial charge in [-0.05, 0) is 37.5 Å². The van der Waals surface area contributed by atoms with Gasteiger partial charge in [-0.15, -0.1) is 0 Å². The summed E-state index contributed by atoms with van der Waals surface area (Å²) in [7, 11) is 1.61. The number of ether oxygens (including phenoxy) is 2. The Morgan fingerprint density at radius 2 is 2.00 bits per heavy atom. The minimum absolute atomic E-state index is 0.0517. The van der Waals surface area contributed by atoms with Crippen LogP contribution in [0.15, 0.2) is 24.3 Å². The molecule has 1 aromatic carbocycles. The topological polar surface area (TPSA) is 64.6 Å². The van der Waals surface area contributed by atoms with E-state index in [9.17, 15) is 9.59 Å². The predicted molar refractivity (Wildman–Crippen MR) is 78.3 cm³/mol. The van der Waals surface area contributed by atoms with Crippen LogP contribution in [0, 0.1) is 0 Å². The average Bonchev–Trinajstić information content (AvgIpc) is 2.94. The van der Waals surface area contributed by atoms with Crippen molar-refractivity contribution < 1.29 is 19.1 Å². The van der Waals surface area contributed by atoms with Gasteiger partial charge in [0.05, 0.1) is 6.10 Å². The molecule has 1 amide bonds. The number of Topliss-reactive ketones (excluding diaryl/α,β-unsaturated/α-hetero) is 1. The molecule has 1 aliphatic rings. The number of benzene rings is 1. The Hall–Kier alpha value is -1.88. The van der Waals surface area contributed by atoms with E-state index >= 15 is 0 Å². The van der Waals surface area contributed by atoms with E-state index in [4.69, 9.17) is 9.47 Å². The van der Waals surface area contributed by atoms with E-state index in [1.54, 1.807) is 14.0 Å². The molecule has 5 heteroatoms. The van der Waals surface area contributed by atoms with Gasteiger partial charge in [0, 0.05) is 13.5 Å². The average molecular weight is 291 g/mol. The van der Waals surface area contributed by atoms with Crippen LogP contribution < -0.4 is 10.1 Å². The van der Waals surface area contributed by atoms with E-state index in [0.29, 0.717) is 13.0 Å². The molecular weight excluding hydrogens is 270 g/mol. The Morgan fingerprint density at radius 1 is 1.29 bits per heavy atom. The van der Waals surface area contributed by atoms with Crippen molar-refractivity contribution in [1.29, 1.82) is 0 Å². The molecule has 0 aliphatic carbocycles. The van der Waals surface area contributed by atoms with E-state index in [-0.39, 0.29) is 23.9 Å². The lowest BCUT2D eigenvalue weighted by Gasteiger charge is -2.14. The monoisotopic (exact) mass is 291 g/mol. The van der Waals surface area contributed by atoms with Gasteiger partial charge in [0.1, 0.15) is 24.2 Å². The molecule has 1 aromatic rings. The molecule has 2 atom stereocenters. The smallest absolute Gasteiger partial charge is 0.248 e.